The summed E-state index contributed by atoms with van der Waals surface area (Å²) in [6, 6.07) is 9.69. The SMILES string of the molecule is COC(CCC(=O)N1C(O)OC[C@@H]1Cc1ccccc1)OC. The highest BCUT2D eigenvalue weighted by atomic mass is 16.7. The molecule has 1 aliphatic heterocycles. The smallest absolute Gasteiger partial charge is 0.240 e. The average molecular weight is 309 g/mol. The molecule has 0 radical (unpaired) electrons. The summed E-state index contributed by atoms with van der Waals surface area (Å²) in [5.41, 5.74) is 1.11. The second-order valence-electron chi connectivity index (χ2n) is 5.24. The van der Waals surface area contributed by atoms with Gasteiger partial charge in [0.05, 0.1) is 12.6 Å². The van der Waals surface area contributed by atoms with Crippen LogP contribution in [0.15, 0.2) is 30.3 Å². The summed E-state index contributed by atoms with van der Waals surface area (Å²) in [7, 11) is 3.06. The quantitative estimate of drug-likeness (QED) is 0.765. The maximum absolute atomic E-state index is 12.4. The molecule has 0 aromatic heterocycles. The molecule has 2 atom stereocenters. The zero-order chi connectivity index (χ0) is 15.9. The van der Waals surface area contributed by atoms with Crippen molar-refractivity contribution in [3.05, 3.63) is 35.9 Å². The Labute approximate surface area is 130 Å². The van der Waals surface area contributed by atoms with Gasteiger partial charge >= 0.3 is 0 Å². The molecule has 1 fully saturated rings. The molecule has 6 heteroatoms. The number of aliphatic hydroxyl groups is 1. The zero-order valence-electron chi connectivity index (χ0n) is 13.0. The van der Waals surface area contributed by atoms with Gasteiger partial charge in [0, 0.05) is 27.1 Å². The standard InChI is InChI=1S/C16H23NO5/c1-20-15(21-2)9-8-14(18)17-13(11-22-16(17)19)10-12-6-4-3-5-7-12/h3-7,13,15-16,19H,8-11H2,1-2H3/t13-,16?/m0/s1. The third-order valence-corrected chi connectivity index (χ3v) is 3.79. The summed E-state index contributed by atoms with van der Waals surface area (Å²) < 4.78 is 15.4. The number of carbonyl (C=O) groups is 1. The number of rotatable bonds is 7. The van der Waals surface area contributed by atoms with Crippen LogP contribution in [0.2, 0.25) is 0 Å². The third kappa shape index (κ3) is 4.27. The van der Waals surface area contributed by atoms with Gasteiger partial charge in [-0.3, -0.25) is 9.69 Å². The first kappa shape index (κ1) is 16.9. The molecule has 1 amide bonds. The number of hydrogen-bond donors (Lipinski definition) is 1. The number of aliphatic hydroxyl groups excluding tert-OH is 1. The van der Waals surface area contributed by atoms with Gasteiger partial charge in [-0.25, -0.2) is 0 Å². The Bertz CT molecular complexity index is 463. The normalized spacial score (nSPS) is 21.5. The first-order chi connectivity index (χ1) is 10.7. The highest BCUT2D eigenvalue weighted by molar-refractivity contribution is 5.76. The van der Waals surface area contributed by atoms with E-state index in [9.17, 15) is 9.90 Å². The summed E-state index contributed by atoms with van der Waals surface area (Å²) in [5, 5.41) is 9.91. The highest BCUT2D eigenvalue weighted by Crippen LogP contribution is 2.21. The van der Waals surface area contributed by atoms with E-state index in [1.807, 2.05) is 30.3 Å². The van der Waals surface area contributed by atoms with Gasteiger partial charge in [0.1, 0.15) is 0 Å². The number of methoxy groups -OCH3 is 2. The minimum absolute atomic E-state index is 0.159. The molecule has 1 saturated heterocycles. The summed E-state index contributed by atoms with van der Waals surface area (Å²) in [5.74, 6) is -0.162. The first-order valence-electron chi connectivity index (χ1n) is 7.36. The molecule has 6 nitrogen and oxygen atoms in total. The fourth-order valence-corrected chi connectivity index (χ4v) is 2.61. The van der Waals surface area contributed by atoms with E-state index in [-0.39, 0.29) is 18.4 Å². The monoisotopic (exact) mass is 309 g/mol. The maximum Gasteiger partial charge on any atom is 0.240 e. The molecule has 1 aliphatic rings. The average Bonchev–Trinajstić information content (AvgIpc) is 2.90. The van der Waals surface area contributed by atoms with Crippen LogP contribution in [0.5, 0.6) is 0 Å². The minimum Gasteiger partial charge on any atom is -0.356 e. The minimum atomic E-state index is -1.18. The van der Waals surface area contributed by atoms with Gasteiger partial charge in [-0.1, -0.05) is 30.3 Å². The number of carbonyl (C=O) groups excluding carboxylic acids is 1. The molecule has 1 N–H and O–H groups in total. The molecule has 1 aromatic rings. The van der Waals surface area contributed by atoms with Crippen molar-refractivity contribution in [3.63, 3.8) is 0 Å². The van der Waals surface area contributed by atoms with Crippen molar-refractivity contribution in [1.29, 1.82) is 0 Å². The Balaban J connectivity index is 1.95. The van der Waals surface area contributed by atoms with Crippen molar-refractivity contribution >= 4 is 5.91 Å². The van der Waals surface area contributed by atoms with E-state index in [0.717, 1.165) is 5.56 Å². The van der Waals surface area contributed by atoms with Crippen LogP contribution in [0, 0.1) is 0 Å². The molecule has 0 aliphatic carbocycles. The fourth-order valence-electron chi connectivity index (χ4n) is 2.61. The Hall–Kier alpha value is -1.47. The maximum atomic E-state index is 12.4. The van der Waals surface area contributed by atoms with Gasteiger partial charge in [-0.05, 0) is 12.0 Å². The van der Waals surface area contributed by atoms with Crippen molar-refractivity contribution in [2.24, 2.45) is 0 Å². The first-order valence-corrected chi connectivity index (χ1v) is 7.36. The number of hydrogen-bond acceptors (Lipinski definition) is 5. The highest BCUT2D eigenvalue weighted by Gasteiger charge is 2.36. The predicted molar refractivity (Wildman–Crippen MR) is 79.8 cm³/mol. The van der Waals surface area contributed by atoms with E-state index < -0.39 is 12.7 Å². The van der Waals surface area contributed by atoms with Gasteiger partial charge in [-0.15, -0.1) is 0 Å². The van der Waals surface area contributed by atoms with Crippen LogP contribution >= 0.6 is 0 Å². The molecular formula is C16H23NO5. The molecule has 2 rings (SSSR count). The Kier molecular flexibility index (Phi) is 6.33. The molecule has 0 bridgehead atoms. The second kappa shape index (κ2) is 8.24. The van der Waals surface area contributed by atoms with Crippen molar-refractivity contribution in [2.45, 2.75) is 38.0 Å². The Morgan fingerprint density at radius 2 is 2.05 bits per heavy atom. The molecule has 1 aromatic carbocycles. The molecule has 0 saturated carbocycles. The van der Waals surface area contributed by atoms with Crippen LogP contribution in [-0.4, -0.2) is 55.5 Å². The summed E-state index contributed by atoms with van der Waals surface area (Å²) in [6.45, 7) is 0.333. The summed E-state index contributed by atoms with van der Waals surface area (Å²) in [6.07, 6.45) is -0.269. The molecule has 1 unspecified atom stereocenters. The van der Waals surface area contributed by atoms with E-state index in [1.165, 1.54) is 19.1 Å². The van der Waals surface area contributed by atoms with E-state index in [0.29, 0.717) is 19.4 Å². The topological polar surface area (TPSA) is 68.2 Å². The van der Waals surface area contributed by atoms with Crippen LogP contribution in [0.1, 0.15) is 18.4 Å². The van der Waals surface area contributed by atoms with Crippen LogP contribution in [0.4, 0.5) is 0 Å². The van der Waals surface area contributed by atoms with Crippen LogP contribution in [0.3, 0.4) is 0 Å². The van der Waals surface area contributed by atoms with Gasteiger partial charge in [0.25, 0.3) is 0 Å². The molecule has 1 heterocycles. The van der Waals surface area contributed by atoms with Gasteiger partial charge in [0.2, 0.25) is 12.3 Å². The van der Waals surface area contributed by atoms with Gasteiger partial charge in [-0.2, -0.15) is 0 Å². The van der Waals surface area contributed by atoms with Crippen LogP contribution in [-0.2, 0) is 25.4 Å². The molecule has 122 valence electrons. The number of ether oxygens (including phenoxy) is 3. The lowest BCUT2D eigenvalue weighted by atomic mass is 10.1. The lowest BCUT2D eigenvalue weighted by Gasteiger charge is -2.26. The summed E-state index contributed by atoms with van der Waals surface area (Å²) in [4.78, 5) is 13.8. The van der Waals surface area contributed by atoms with Crippen LogP contribution < -0.4 is 0 Å². The van der Waals surface area contributed by atoms with E-state index in [2.05, 4.69) is 0 Å². The van der Waals surface area contributed by atoms with Crippen molar-refractivity contribution in [1.82, 2.24) is 4.90 Å². The van der Waals surface area contributed by atoms with Gasteiger partial charge in [0.15, 0.2) is 6.29 Å². The van der Waals surface area contributed by atoms with E-state index >= 15 is 0 Å². The predicted octanol–water partition coefficient (Wildman–Crippen LogP) is 1.13. The third-order valence-electron chi connectivity index (χ3n) is 3.79. The van der Waals surface area contributed by atoms with Gasteiger partial charge < -0.3 is 19.3 Å². The Morgan fingerprint density at radius 1 is 1.36 bits per heavy atom. The number of benzene rings is 1. The molecular weight excluding hydrogens is 286 g/mol. The second-order valence-corrected chi connectivity index (χ2v) is 5.24. The lowest BCUT2D eigenvalue weighted by molar-refractivity contribution is -0.167. The van der Waals surface area contributed by atoms with E-state index in [4.69, 9.17) is 14.2 Å². The molecule has 0 spiro atoms. The van der Waals surface area contributed by atoms with Crippen LogP contribution in [0.25, 0.3) is 0 Å². The number of amides is 1. The fraction of sp³-hybridized carbons (Fsp3) is 0.562. The Morgan fingerprint density at radius 3 is 2.68 bits per heavy atom. The largest absolute Gasteiger partial charge is 0.356 e. The number of nitrogens with zero attached hydrogens (tertiary/aromatic N) is 1. The van der Waals surface area contributed by atoms with E-state index in [1.54, 1.807) is 0 Å². The van der Waals surface area contributed by atoms with Crippen molar-refractivity contribution in [2.75, 3.05) is 20.8 Å². The van der Waals surface area contributed by atoms with Crippen molar-refractivity contribution in [3.8, 4) is 0 Å². The molecule has 22 heavy (non-hydrogen) atoms. The lowest BCUT2D eigenvalue weighted by Crippen LogP contribution is -2.43. The zero-order valence-corrected chi connectivity index (χ0v) is 13.0. The summed E-state index contributed by atoms with van der Waals surface area (Å²) >= 11 is 0. The van der Waals surface area contributed by atoms with Crippen molar-refractivity contribution < 1.29 is 24.1 Å².